The Kier molecular flexibility index (Phi) is 5.31. The maximum absolute atomic E-state index is 12.5. The molecule has 0 radical (unpaired) electrons. The maximum atomic E-state index is 12.5. The first-order chi connectivity index (χ1) is 9.88. The summed E-state index contributed by atoms with van der Waals surface area (Å²) in [4.78, 5) is 0. The molecule has 3 unspecified atom stereocenters. The van der Waals surface area contributed by atoms with Crippen molar-refractivity contribution in [2.45, 2.75) is 51.7 Å². The highest BCUT2D eigenvalue weighted by Crippen LogP contribution is 2.31. The molecule has 1 N–H and O–H groups in total. The fourth-order valence-electron chi connectivity index (χ4n) is 3.10. The maximum Gasteiger partial charge on any atom is 0.416 e. The van der Waals surface area contributed by atoms with Crippen LogP contribution < -0.4 is 5.32 Å². The van der Waals surface area contributed by atoms with Crippen molar-refractivity contribution in [2.75, 3.05) is 6.54 Å². The molecule has 0 aromatic heterocycles. The van der Waals surface area contributed by atoms with Crippen molar-refractivity contribution < 1.29 is 13.2 Å². The molecule has 1 fully saturated rings. The van der Waals surface area contributed by atoms with Gasteiger partial charge in [0.1, 0.15) is 0 Å². The Morgan fingerprint density at radius 2 is 1.76 bits per heavy atom. The second kappa shape index (κ2) is 6.82. The fraction of sp³-hybridized carbons (Fsp3) is 0.647. The standard InChI is InChI=1S/C17H24F3N/c1-12-5-3-4-6-15(12)11-21-13(2)14-7-9-16(10-8-14)17(18,19)20/h7-10,12-13,15,21H,3-6,11H2,1-2H3. The van der Waals surface area contributed by atoms with E-state index < -0.39 is 11.7 Å². The molecule has 0 bridgehead atoms. The first kappa shape index (κ1) is 16.3. The Bertz CT molecular complexity index is 438. The Morgan fingerprint density at radius 1 is 1.14 bits per heavy atom. The topological polar surface area (TPSA) is 12.0 Å². The van der Waals surface area contributed by atoms with Gasteiger partial charge in [-0.1, -0.05) is 38.3 Å². The zero-order chi connectivity index (χ0) is 15.5. The Labute approximate surface area is 124 Å². The molecule has 3 atom stereocenters. The van der Waals surface area contributed by atoms with Crippen LogP contribution in [0.4, 0.5) is 13.2 Å². The van der Waals surface area contributed by atoms with Gasteiger partial charge in [0.25, 0.3) is 0 Å². The van der Waals surface area contributed by atoms with Gasteiger partial charge in [-0.15, -0.1) is 0 Å². The Morgan fingerprint density at radius 3 is 2.33 bits per heavy atom. The lowest BCUT2D eigenvalue weighted by molar-refractivity contribution is -0.137. The van der Waals surface area contributed by atoms with Crippen molar-refractivity contribution in [1.29, 1.82) is 0 Å². The van der Waals surface area contributed by atoms with Gasteiger partial charge in [-0.2, -0.15) is 13.2 Å². The summed E-state index contributed by atoms with van der Waals surface area (Å²) in [5.74, 6) is 1.43. The first-order valence-electron chi connectivity index (χ1n) is 7.78. The van der Waals surface area contributed by atoms with Crippen molar-refractivity contribution in [3.05, 3.63) is 35.4 Å². The predicted molar refractivity (Wildman–Crippen MR) is 79.0 cm³/mol. The van der Waals surface area contributed by atoms with Gasteiger partial charge < -0.3 is 5.32 Å². The van der Waals surface area contributed by atoms with E-state index in [9.17, 15) is 13.2 Å². The molecule has 1 saturated carbocycles. The van der Waals surface area contributed by atoms with Crippen LogP contribution in [0.3, 0.4) is 0 Å². The lowest BCUT2D eigenvalue weighted by Crippen LogP contribution is -2.31. The molecule has 1 aliphatic carbocycles. The summed E-state index contributed by atoms with van der Waals surface area (Å²) in [5.41, 5.74) is 0.325. The SMILES string of the molecule is CC(NCC1CCCCC1C)c1ccc(C(F)(F)F)cc1. The van der Waals surface area contributed by atoms with Gasteiger partial charge in [0.15, 0.2) is 0 Å². The van der Waals surface area contributed by atoms with Crippen LogP contribution in [0, 0.1) is 11.8 Å². The van der Waals surface area contributed by atoms with Gasteiger partial charge in [-0.25, -0.2) is 0 Å². The van der Waals surface area contributed by atoms with Crippen LogP contribution >= 0.6 is 0 Å². The molecule has 21 heavy (non-hydrogen) atoms. The molecule has 1 nitrogen and oxygen atoms in total. The lowest BCUT2D eigenvalue weighted by Gasteiger charge is -2.30. The van der Waals surface area contributed by atoms with E-state index in [1.807, 2.05) is 6.92 Å². The Hall–Kier alpha value is -1.03. The van der Waals surface area contributed by atoms with E-state index in [0.29, 0.717) is 5.92 Å². The monoisotopic (exact) mass is 299 g/mol. The van der Waals surface area contributed by atoms with Crippen molar-refractivity contribution in [2.24, 2.45) is 11.8 Å². The van der Waals surface area contributed by atoms with Crippen molar-refractivity contribution in [3.8, 4) is 0 Å². The molecule has 0 spiro atoms. The van der Waals surface area contributed by atoms with Crippen molar-refractivity contribution in [3.63, 3.8) is 0 Å². The molecule has 1 aliphatic rings. The molecule has 4 heteroatoms. The van der Waals surface area contributed by atoms with Crippen molar-refractivity contribution in [1.82, 2.24) is 5.32 Å². The summed E-state index contributed by atoms with van der Waals surface area (Å²) >= 11 is 0. The predicted octanol–water partition coefficient (Wildman–Crippen LogP) is 5.18. The summed E-state index contributed by atoms with van der Waals surface area (Å²) < 4.78 is 37.6. The quantitative estimate of drug-likeness (QED) is 0.807. The molecule has 0 aliphatic heterocycles. The molecule has 0 saturated heterocycles. The number of rotatable bonds is 4. The summed E-state index contributed by atoms with van der Waals surface area (Å²) in [6.45, 7) is 5.26. The van der Waals surface area contributed by atoms with Crippen LogP contribution in [0.15, 0.2) is 24.3 Å². The van der Waals surface area contributed by atoms with E-state index in [-0.39, 0.29) is 6.04 Å². The third-order valence-electron chi connectivity index (χ3n) is 4.71. The van der Waals surface area contributed by atoms with Crippen LogP contribution in [0.25, 0.3) is 0 Å². The van der Waals surface area contributed by atoms with Gasteiger partial charge in [-0.05, 0) is 49.4 Å². The first-order valence-corrected chi connectivity index (χ1v) is 7.78. The minimum Gasteiger partial charge on any atom is -0.310 e. The highest BCUT2D eigenvalue weighted by molar-refractivity contribution is 5.26. The van der Waals surface area contributed by atoms with E-state index in [1.165, 1.54) is 25.7 Å². The summed E-state index contributed by atoms with van der Waals surface area (Å²) in [6, 6.07) is 5.56. The van der Waals surface area contributed by atoms with E-state index in [4.69, 9.17) is 0 Å². The average molecular weight is 299 g/mol. The van der Waals surface area contributed by atoms with E-state index in [2.05, 4.69) is 12.2 Å². The molecule has 0 heterocycles. The average Bonchev–Trinajstić information content (AvgIpc) is 2.45. The molecular formula is C17H24F3N. The molecule has 0 amide bonds. The number of hydrogen-bond acceptors (Lipinski definition) is 1. The molecule has 1 aromatic carbocycles. The molecule has 118 valence electrons. The van der Waals surface area contributed by atoms with Crippen LogP contribution in [0.1, 0.15) is 56.7 Å². The van der Waals surface area contributed by atoms with Gasteiger partial charge in [0, 0.05) is 6.04 Å². The lowest BCUT2D eigenvalue weighted by atomic mass is 9.80. The second-order valence-corrected chi connectivity index (χ2v) is 6.27. The van der Waals surface area contributed by atoms with Gasteiger partial charge in [0.05, 0.1) is 5.56 Å². The smallest absolute Gasteiger partial charge is 0.310 e. The van der Waals surface area contributed by atoms with Crippen molar-refractivity contribution >= 4 is 0 Å². The van der Waals surface area contributed by atoms with E-state index >= 15 is 0 Å². The number of hydrogen-bond donors (Lipinski definition) is 1. The molecule has 1 aromatic rings. The van der Waals surface area contributed by atoms with E-state index in [0.717, 1.165) is 30.2 Å². The van der Waals surface area contributed by atoms with Gasteiger partial charge >= 0.3 is 6.18 Å². The highest BCUT2D eigenvalue weighted by Gasteiger charge is 2.30. The zero-order valence-electron chi connectivity index (χ0n) is 12.7. The van der Waals surface area contributed by atoms with E-state index in [1.54, 1.807) is 12.1 Å². The highest BCUT2D eigenvalue weighted by atomic mass is 19.4. The van der Waals surface area contributed by atoms with Crippen LogP contribution in [0.5, 0.6) is 0 Å². The van der Waals surface area contributed by atoms with Gasteiger partial charge in [0.2, 0.25) is 0 Å². The second-order valence-electron chi connectivity index (χ2n) is 6.27. The third kappa shape index (κ3) is 4.47. The largest absolute Gasteiger partial charge is 0.416 e. The number of benzene rings is 1. The van der Waals surface area contributed by atoms with Crippen LogP contribution in [-0.2, 0) is 6.18 Å². The Balaban J connectivity index is 1.89. The minimum absolute atomic E-state index is 0.0846. The normalized spacial score (nSPS) is 24.8. The number of halogens is 3. The number of nitrogens with one attached hydrogen (secondary N) is 1. The fourth-order valence-corrected chi connectivity index (χ4v) is 3.10. The van der Waals surface area contributed by atoms with Crippen LogP contribution in [-0.4, -0.2) is 6.54 Å². The molecular weight excluding hydrogens is 275 g/mol. The molecule has 2 rings (SSSR count). The minimum atomic E-state index is -4.26. The summed E-state index contributed by atoms with van der Waals surface area (Å²) in [5, 5.41) is 3.48. The third-order valence-corrected chi connectivity index (χ3v) is 4.71. The summed E-state index contributed by atoms with van der Waals surface area (Å²) in [6.07, 6.45) is 0.916. The number of alkyl halides is 3. The van der Waals surface area contributed by atoms with Gasteiger partial charge in [-0.3, -0.25) is 0 Å². The summed E-state index contributed by atoms with van der Waals surface area (Å²) in [7, 11) is 0. The zero-order valence-corrected chi connectivity index (χ0v) is 12.7. The van der Waals surface area contributed by atoms with Crippen LogP contribution in [0.2, 0.25) is 0 Å².